The summed E-state index contributed by atoms with van der Waals surface area (Å²) in [6.45, 7) is 5.35. The van der Waals surface area contributed by atoms with Crippen LogP contribution in [0.3, 0.4) is 0 Å². The van der Waals surface area contributed by atoms with Crippen molar-refractivity contribution in [2.24, 2.45) is 5.92 Å². The van der Waals surface area contributed by atoms with Crippen LogP contribution in [0.2, 0.25) is 0 Å². The van der Waals surface area contributed by atoms with Gasteiger partial charge >= 0.3 is 0 Å². The maximum Gasteiger partial charge on any atom is 0.289 e. The molecule has 0 N–H and O–H groups in total. The minimum atomic E-state index is -0.239. The van der Waals surface area contributed by atoms with Crippen molar-refractivity contribution in [3.05, 3.63) is 24.2 Å². The van der Waals surface area contributed by atoms with Gasteiger partial charge in [-0.25, -0.2) is 0 Å². The summed E-state index contributed by atoms with van der Waals surface area (Å²) in [5.41, 5.74) is 0. The Morgan fingerprint density at radius 2 is 1.92 bits per heavy atom. The third kappa shape index (κ3) is 3.86. The van der Waals surface area contributed by atoms with Crippen LogP contribution < -0.4 is 0 Å². The van der Waals surface area contributed by atoms with Crippen LogP contribution in [-0.4, -0.2) is 71.7 Å². The zero-order valence-electron chi connectivity index (χ0n) is 14.6. The molecule has 1 aromatic heterocycles. The first-order valence-corrected chi connectivity index (χ1v) is 8.99. The molecule has 136 valence electrons. The lowest BCUT2D eigenvalue weighted by Crippen LogP contribution is -2.52. The molecular formula is C18H25N3O4. The van der Waals surface area contributed by atoms with Crippen molar-refractivity contribution < 1.29 is 18.8 Å². The molecule has 0 saturated carbocycles. The molecule has 2 aliphatic heterocycles. The lowest BCUT2D eigenvalue weighted by molar-refractivity contribution is -0.137. The number of rotatable bonds is 5. The van der Waals surface area contributed by atoms with Crippen molar-refractivity contribution in [1.82, 2.24) is 14.7 Å². The number of piperazine rings is 1. The summed E-state index contributed by atoms with van der Waals surface area (Å²) < 4.78 is 5.15. The molecule has 2 saturated heterocycles. The standard InChI is InChI=1S/C18H25N3O4/c1-2-3-6-21-13-14(12-16(21)22)17(23)19-7-9-20(10-8-19)18(24)15-5-4-11-25-15/h4-5,11,14H,2-3,6-10,12-13H2,1H3/t14-/m1/s1. The van der Waals surface area contributed by atoms with E-state index in [9.17, 15) is 14.4 Å². The Labute approximate surface area is 147 Å². The van der Waals surface area contributed by atoms with Crippen LogP contribution in [0.15, 0.2) is 22.8 Å². The molecule has 2 aliphatic rings. The van der Waals surface area contributed by atoms with Gasteiger partial charge in [-0.2, -0.15) is 0 Å². The molecule has 0 aromatic carbocycles. The number of hydrogen-bond donors (Lipinski definition) is 0. The predicted octanol–water partition coefficient (Wildman–Crippen LogP) is 1.21. The number of amides is 3. The highest BCUT2D eigenvalue weighted by Crippen LogP contribution is 2.21. The van der Waals surface area contributed by atoms with Crippen molar-refractivity contribution >= 4 is 17.7 Å². The first kappa shape index (κ1) is 17.5. The van der Waals surface area contributed by atoms with Gasteiger partial charge in [-0.15, -0.1) is 0 Å². The fourth-order valence-electron chi connectivity index (χ4n) is 3.45. The highest BCUT2D eigenvalue weighted by molar-refractivity contribution is 5.92. The van der Waals surface area contributed by atoms with Gasteiger partial charge in [0.25, 0.3) is 5.91 Å². The van der Waals surface area contributed by atoms with E-state index in [4.69, 9.17) is 4.42 Å². The Kier molecular flexibility index (Phi) is 5.40. The molecule has 2 fully saturated rings. The lowest BCUT2D eigenvalue weighted by atomic mass is 10.1. The molecule has 0 unspecified atom stereocenters. The van der Waals surface area contributed by atoms with Gasteiger partial charge < -0.3 is 19.1 Å². The topological polar surface area (TPSA) is 74.1 Å². The van der Waals surface area contributed by atoms with Crippen molar-refractivity contribution in [1.29, 1.82) is 0 Å². The van der Waals surface area contributed by atoms with Crippen LogP contribution in [0.5, 0.6) is 0 Å². The number of likely N-dealkylation sites (tertiary alicyclic amines) is 1. The molecule has 0 bridgehead atoms. The van der Waals surface area contributed by atoms with Gasteiger partial charge in [0.15, 0.2) is 5.76 Å². The Morgan fingerprint density at radius 1 is 1.20 bits per heavy atom. The van der Waals surface area contributed by atoms with Gasteiger partial charge in [0, 0.05) is 45.7 Å². The van der Waals surface area contributed by atoms with Crippen LogP contribution >= 0.6 is 0 Å². The summed E-state index contributed by atoms with van der Waals surface area (Å²) in [7, 11) is 0. The molecule has 3 heterocycles. The van der Waals surface area contributed by atoms with Gasteiger partial charge in [0.05, 0.1) is 12.2 Å². The van der Waals surface area contributed by atoms with Gasteiger partial charge in [0.1, 0.15) is 0 Å². The molecule has 0 spiro atoms. The van der Waals surface area contributed by atoms with E-state index < -0.39 is 0 Å². The second kappa shape index (κ2) is 7.72. The summed E-state index contributed by atoms with van der Waals surface area (Å²) in [4.78, 5) is 42.3. The number of nitrogens with zero attached hydrogens (tertiary/aromatic N) is 3. The van der Waals surface area contributed by atoms with Crippen LogP contribution in [0.1, 0.15) is 36.7 Å². The fraction of sp³-hybridized carbons (Fsp3) is 0.611. The van der Waals surface area contributed by atoms with Crippen LogP contribution in [0.4, 0.5) is 0 Å². The third-order valence-electron chi connectivity index (χ3n) is 4.96. The monoisotopic (exact) mass is 347 g/mol. The predicted molar refractivity (Wildman–Crippen MR) is 90.8 cm³/mol. The van der Waals surface area contributed by atoms with E-state index >= 15 is 0 Å². The van der Waals surface area contributed by atoms with Crippen molar-refractivity contribution in [2.45, 2.75) is 26.2 Å². The Bertz CT molecular complexity index is 620. The number of carbonyl (C=O) groups excluding carboxylic acids is 3. The van der Waals surface area contributed by atoms with Crippen molar-refractivity contribution in [3.63, 3.8) is 0 Å². The van der Waals surface area contributed by atoms with Gasteiger partial charge in [0.2, 0.25) is 11.8 Å². The minimum Gasteiger partial charge on any atom is -0.459 e. The van der Waals surface area contributed by atoms with E-state index in [1.54, 1.807) is 21.9 Å². The molecule has 7 heteroatoms. The van der Waals surface area contributed by atoms with E-state index in [2.05, 4.69) is 6.92 Å². The molecule has 25 heavy (non-hydrogen) atoms. The van der Waals surface area contributed by atoms with Gasteiger partial charge in [-0.05, 0) is 18.6 Å². The molecule has 3 amide bonds. The lowest BCUT2D eigenvalue weighted by Gasteiger charge is -2.35. The molecule has 1 atom stereocenters. The van der Waals surface area contributed by atoms with Crippen LogP contribution in [0, 0.1) is 5.92 Å². The average molecular weight is 347 g/mol. The molecule has 0 aliphatic carbocycles. The molecule has 1 aromatic rings. The Hall–Kier alpha value is -2.31. The molecular weight excluding hydrogens is 322 g/mol. The summed E-state index contributed by atoms with van der Waals surface area (Å²) >= 11 is 0. The maximum atomic E-state index is 12.7. The van der Waals surface area contributed by atoms with Crippen LogP contribution in [-0.2, 0) is 9.59 Å². The second-order valence-electron chi connectivity index (χ2n) is 6.69. The fourth-order valence-corrected chi connectivity index (χ4v) is 3.45. The minimum absolute atomic E-state index is 0.0393. The van der Waals surface area contributed by atoms with E-state index in [1.165, 1.54) is 6.26 Å². The Morgan fingerprint density at radius 3 is 2.56 bits per heavy atom. The van der Waals surface area contributed by atoms with E-state index in [-0.39, 0.29) is 23.6 Å². The van der Waals surface area contributed by atoms with Crippen molar-refractivity contribution in [3.8, 4) is 0 Å². The number of hydrogen-bond acceptors (Lipinski definition) is 4. The zero-order chi connectivity index (χ0) is 17.8. The zero-order valence-corrected chi connectivity index (χ0v) is 14.6. The average Bonchev–Trinajstić information content (AvgIpc) is 3.29. The van der Waals surface area contributed by atoms with Crippen molar-refractivity contribution in [2.75, 3.05) is 39.3 Å². The first-order chi connectivity index (χ1) is 12.1. The summed E-state index contributed by atoms with van der Waals surface area (Å²) in [6.07, 6.45) is 3.80. The van der Waals surface area contributed by atoms with E-state index in [0.29, 0.717) is 44.9 Å². The summed E-state index contributed by atoms with van der Waals surface area (Å²) in [6, 6.07) is 3.34. The smallest absolute Gasteiger partial charge is 0.289 e. The second-order valence-corrected chi connectivity index (χ2v) is 6.69. The normalized spacial score (nSPS) is 21.1. The van der Waals surface area contributed by atoms with Gasteiger partial charge in [-0.1, -0.05) is 13.3 Å². The highest BCUT2D eigenvalue weighted by Gasteiger charge is 2.37. The highest BCUT2D eigenvalue weighted by atomic mass is 16.3. The largest absolute Gasteiger partial charge is 0.459 e. The number of furan rings is 1. The SMILES string of the molecule is CCCCN1C[C@H](C(=O)N2CCN(C(=O)c3ccco3)CC2)CC1=O. The van der Waals surface area contributed by atoms with Crippen LogP contribution in [0.25, 0.3) is 0 Å². The number of unbranched alkanes of at least 4 members (excludes halogenated alkanes) is 1. The van der Waals surface area contributed by atoms with E-state index in [0.717, 1.165) is 19.4 Å². The van der Waals surface area contributed by atoms with E-state index in [1.807, 2.05) is 4.90 Å². The number of carbonyl (C=O) groups is 3. The molecule has 3 rings (SSSR count). The molecule has 7 nitrogen and oxygen atoms in total. The molecule has 0 radical (unpaired) electrons. The summed E-state index contributed by atoms with van der Waals surface area (Å²) in [5.74, 6) is 0.0687. The quantitative estimate of drug-likeness (QED) is 0.802. The first-order valence-electron chi connectivity index (χ1n) is 8.99. The third-order valence-corrected chi connectivity index (χ3v) is 4.96. The maximum absolute atomic E-state index is 12.7. The summed E-state index contributed by atoms with van der Waals surface area (Å²) in [5, 5.41) is 0. The Balaban J connectivity index is 1.50. The van der Waals surface area contributed by atoms with Gasteiger partial charge in [-0.3, -0.25) is 14.4 Å².